The van der Waals surface area contributed by atoms with Crippen molar-refractivity contribution < 1.29 is 14.3 Å². The number of rotatable bonds is 4. The fourth-order valence-corrected chi connectivity index (χ4v) is 4.12. The standard InChI is InChI=1S/C14H23N3O3.ClH/c15-12-8-2-1-7(5-8)11(12)14(19)17-6-9-3-4-10(20-9)13(16)18;/h7-12H,1-6,15H2,(H2,16,18)(H,17,19);1H. The number of nitrogens with two attached hydrogens (primary N) is 2. The molecule has 7 heteroatoms. The van der Waals surface area contributed by atoms with Crippen LogP contribution in [0.5, 0.6) is 0 Å². The first-order valence-electron chi connectivity index (χ1n) is 7.54. The molecule has 3 fully saturated rings. The summed E-state index contributed by atoms with van der Waals surface area (Å²) in [7, 11) is 0. The van der Waals surface area contributed by atoms with E-state index in [2.05, 4.69) is 5.32 Å². The minimum Gasteiger partial charge on any atom is -0.367 e. The van der Waals surface area contributed by atoms with Crippen LogP contribution in [-0.2, 0) is 14.3 Å². The van der Waals surface area contributed by atoms with Gasteiger partial charge in [0, 0.05) is 12.6 Å². The Morgan fingerprint density at radius 2 is 1.86 bits per heavy atom. The Hall–Kier alpha value is -0.850. The van der Waals surface area contributed by atoms with Crippen LogP contribution in [0.25, 0.3) is 0 Å². The molecule has 0 aromatic rings. The number of amides is 2. The number of carbonyl (C=O) groups is 2. The van der Waals surface area contributed by atoms with Crippen molar-refractivity contribution in [2.45, 2.75) is 50.4 Å². The lowest BCUT2D eigenvalue weighted by Gasteiger charge is -2.27. The van der Waals surface area contributed by atoms with Gasteiger partial charge in [0.1, 0.15) is 6.10 Å². The number of ether oxygens (including phenoxy) is 1. The summed E-state index contributed by atoms with van der Waals surface area (Å²) in [5, 5.41) is 2.95. The van der Waals surface area contributed by atoms with Gasteiger partial charge in [0.05, 0.1) is 12.0 Å². The first-order valence-corrected chi connectivity index (χ1v) is 7.54. The number of fused-ring (bicyclic) bond motifs is 2. The van der Waals surface area contributed by atoms with Gasteiger partial charge in [0.2, 0.25) is 11.8 Å². The van der Waals surface area contributed by atoms with Crippen LogP contribution in [-0.4, -0.2) is 36.6 Å². The second kappa shape index (κ2) is 6.50. The maximum absolute atomic E-state index is 12.3. The second-order valence-electron chi connectivity index (χ2n) is 6.41. The molecule has 2 bridgehead atoms. The van der Waals surface area contributed by atoms with Crippen molar-refractivity contribution in [3.8, 4) is 0 Å². The van der Waals surface area contributed by atoms with Crippen LogP contribution in [0, 0.1) is 17.8 Å². The number of nitrogens with one attached hydrogen (secondary N) is 1. The van der Waals surface area contributed by atoms with Crippen LogP contribution in [0.1, 0.15) is 32.1 Å². The van der Waals surface area contributed by atoms with Crippen LogP contribution >= 0.6 is 12.4 Å². The second-order valence-corrected chi connectivity index (χ2v) is 6.41. The van der Waals surface area contributed by atoms with Gasteiger partial charge in [-0.05, 0) is 43.9 Å². The van der Waals surface area contributed by atoms with E-state index in [1.54, 1.807) is 0 Å². The fourth-order valence-electron chi connectivity index (χ4n) is 4.12. The zero-order valence-corrected chi connectivity index (χ0v) is 12.8. The van der Waals surface area contributed by atoms with E-state index in [9.17, 15) is 9.59 Å². The number of primary amides is 1. The molecule has 120 valence electrons. The van der Waals surface area contributed by atoms with E-state index >= 15 is 0 Å². The number of hydrogen-bond donors (Lipinski definition) is 3. The highest BCUT2D eigenvalue weighted by Gasteiger charge is 2.49. The lowest BCUT2D eigenvalue weighted by Crippen LogP contribution is -2.46. The molecule has 6 nitrogen and oxygen atoms in total. The molecule has 1 heterocycles. The Morgan fingerprint density at radius 1 is 1.14 bits per heavy atom. The van der Waals surface area contributed by atoms with E-state index in [1.165, 1.54) is 6.42 Å². The third-order valence-corrected chi connectivity index (χ3v) is 5.21. The maximum atomic E-state index is 12.3. The van der Waals surface area contributed by atoms with Crippen molar-refractivity contribution >= 4 is 24.2 Å². The summed E-state index contributed by atoms with van der Waals surface area (Å²) in [6, 6.07) is 0.0108. The third kappa shape index (κ3) is 3.17. The molecule has 3 aliphatic rings. The molecule has 2 aliphatic carbocycles. The summed E-state index contributed by atoms with van der Waals surface area (Å²) >= 11 is 0. The normalized spacial score (nSPS) is 40.8. The van der Waals surface area contributed by atoms with E-state index in [0.29, 0.717) is 24.8 Å². The molecular weight excluding hydrogens is 294 g/mol. The van der Waals surface area contributed by atoms with E-state index in [4.69, 9.17) is 16.2 Å². The number of halogens is 1. The highest BCUT2D eigenvalue weighted by Crippen LogP contribution is 2.47. The average molecular weight is 318 g/mol. The van der Waals surface area contributed by atoms with Gasteiger partial charge in [-0.1, -0.05) is 0 Å². The van der Waals surface area contributed by atoms with Gasteiger partial charge in [-0.2, -0.15) is 0 Å². The molecular formula is C14H24ClN3O3. The number of carbonyl (C=O) groups excluding carboxylic acids is 2. The van der Waals surface area contributed by atoms with Crippen LogP contribution in [0.3, 0.4) is 0 Å². The summed E-state index contributed by atoms with van der Waals surface area (Å²) < 4.78 is 5.50. The molecule has 1 aliphatic heterocycles. The molecule has 3 rings (SSSR count). The first kappa shape index (κ1) is 16.5. The van der Waals surface area contributed by atoms with E-state index in [0.717, 1.165) is 19.3 Å². The van der Waals surface area contributed by atoms with Crippen LogP contribution in [0.15, 0.2) is 0 Å². The van der Waals surface area contributed by atoms with Crippen molar-refractivity contribution in [1.29, 1.82) is 0 Å². The van der Waals surface area contributed by atoms with Crippen molar-refractivity contribution in [2.75, 3.05) is 6.54 Å². The Kier molecular flexibility index (Phi) is 5.11. The van der Waals surface area contributed by atoms with E-state index < -0.39 is 12.0 Å². The highest BCUT2D eigenvalue weighted by molar-refractivity contribution is 5.85. The van der Waals surface area contributed by atoms with Crippen molar-refractivity contribution in [3.05, 3.63) is 0 Å². The summed E-state index contributed by atoms with van der Waals surface area (Å²) in [4.78, 5) is 23.3. The van der Waals surface area contributed by atoms with Gasteiger partial charge in [0.15, 0.2) is 0 Å². The molecule has 1 saturated heterocycles. The number of hydrogen-bond acceptors (Lipinski definition) is 4. The molecule has 6 atom stereocenters. The Labute approximate surface area is 130 Å². The summed E-state index contributed by atoms with van der Waals surface area (Å²) in [6.07, 6.45) is 4.19. The Balaban J connectivity index is 0.00000161. The van der Waals surface area contributed by atoms with Crippen molar-refractivity contribution in [1.82, 2.24) is 5.32 Å². The van der Waals surface area contributed by atoms with Gasteiger partial charge < -0.3 is 21.5 Å². The van der Waals surface area contributed by atoms with Crippen LogP contribution in [0.2, 0.25) is 0 Å². The average Bonchev–Trinajstić information content (AvgIpc) is 3.11. The van der Waals surface area contributed by atoms with Gasteiger partial charge in [0.25, 0.3) is 0 Å². The van der Waals surface area contributed by atoms with Gasteiger partial charge >= 0.3 is 0 Å². The van der Waals surface area contributed by atoms with Crippen LogP contribution in [0.4, 0.5) is 0 Å². The largest absolute Gasteiger partial charge is 0.367 e. The quantitative estimate of drug-likeness (QED) is 0.674. The molecule has 2 amide bonds. The molecule has 6 unspecified atom stereocenters. The lowest BCUT2D eigenvalue weighted by atomic mass is 9.84. The third-order valence-electron chi connectivity index (χ3n) is 5.21. The SMILES string of the molecule is Cl.NC(=O)C1CCC(CNC(=O)C2C3CCC(C3)C2N)O1. The zero-order valence-electron chi connectivity index (χ0n) is 12.0. The molecule has 2 saturated carbocycles. The Bertz CT molecular complexity index is 418. The summed E-state index contributed by atoms with van der Waals surface area (Å²) in [5.74, 6) is 0.572. The monoisotopic (exact) mass is 317 g/mol. The molecule has 0 aromatic carbocycles. The lowest BCUT2D eigenvalue weighted by molar-refractivity contribution is -0.129. The topological polar surface area (TPSA) is 107 Å². The van der Waals surface area contributed by atoms with Gasteiger partial charge in [-0.25, -0.2) is 0 Å². The molecule has 0 aromatic heterocycles. The minimum atomic E-state index is -0.498. The molecule has 0 spiro atoms. The predicted octanol–water partition coefficient (Wildman–Crippen LogP) is -0.0693. The van der Waals surface area contributed by atoms with E-state index in [1.807, 2.05) is 0 Å². The van der Waals surface area contributed by atoms with Crippen molar-refractivity contribution in [3.63, 3.8) is 0 Å². The van der Waals surface area contributed by atoms with E-state index in [-0.39, 0.29) is 36.4 Å². The molecule has 0 radical (unpaired) electrons. The maximum Gasteiger partial charge on any atom is 0.246 e. The minimum absolute atomic E-state index is 0. The van der Waals surface area contributed by atoms with Crippen molar-refractivity contribution in [2.24, 2.45) is 29.2 Å². The summed E-state index contributed by atoms with van der Waals surface area (Å²) in [5.41, 5.74) is 11.4. The molecule has 21 heavy (non-hydrogen) atoms. The Morgan fingerprint density at radius 3 is 2.43 bits per heavy atom. The first-order chi connectivity index (χ1) is 9.56. The van der Waals surface area contributed by atoms with Crippen LogP contribution < -0.4 is 16.8 Å². The fraction of sp³-hybridized carbons (Fsp3) is 0.857. The predicted molar refractivity (Wildman–Crippen MR) is 79.6 cm³/mol. The highest BCUT2D eigenvalue weighted by atomic mass is 35.5. The zero-order chi connectivity index (χ0) is 14.3. The van der Waals surface area contributed by atoms with Gasteiger partial charge in [-0.3, -0.25) is 9.59 Å². The van der Waals surface area contributed by atoms with Gasteiger partial charge in [-0.15, -0.1) is 12.4 Å². The summed E-state index contributed by atoms with van der Waals surface area (Å²) in [6.45, 7) is 0.448. The smallest absolute Gasteiger partial charge is 0.246 e. The molecule has 5 N–H and O–H groups in total.